The second kappa shape index (κ2) is 8.61. The number of hydrogen-bond donors (Lipinski definition) is 1. The van der Waals surface area contributed by atoms with Crippen LogP contribution in [0, 0.1) is 5.92 Å². The van der Waals surface area contributed by atoms with Gasteiger partial charge in [0.1, 0.15) is 5.60 Å². The van der Waals surface area contributed by atoms with Gasteiger partial charge in [0.15, 0.2) is 0 Å². The Bertz CT molecular complexity index is 902. The summed E-state index contributed by atoms with van der Waals surface area (Å²) in [7, 11) is 3.03. The van der Waals surface area contributed by atoms with Gasteiger partial charge in [0.2, 0.25) is 0 Å². The normalized spacial score (nSPS) is 35.2. The molecule has 6 atom stereocenters. The molecule has 2 heterocycles. The highest BCUT2D eigenvalue weighted by Gasteiger charge is 2.71. The van der Waals surface area contributed by atoms with Gasteiger partial charge in [-0.15, -0.1) is 0 Å². The predicted octanol–water partition coefficient (Wildman–Crippen LogP) is 3.28. The van der Waals surface area contributed by atoms with Gasteiger partial charge in [-0.2, -0.15) is 0 Å². The maximum atomic E-state index is 13.0. The van der Waals surface area contributed by atoms with Crippen LogP contribution in [-0.2, 0) is 18.9 Å². The molecule has 0 unspecified atom stereocenters. The van der Waals surface area contributed by atoms with Crippen molar-refractivity contribution in [2.24, 2.45) is 5.92 Å². The number of hydrogen-bond acceptors (Lipinski definition) is 6. The minimum Gasteiger partial charge on any atom is -0.465 e. The van der Waals surface area contributed by atoms with Crippen molar-refractivity contribution < 1.29 is 28.5 Å². The number of benzene rings is 1. The second-order valence-electron chi connectivity index (χ2n) is 9.53. The molecule has 1 aliphatic carbocycles. The monoisotopic (exact) mass is 443 g/mol. The average Bonchev–Trinajstić information content (AvgIpc) is 3.70. The topological polar surface area (TPSA) is 89.7 Å². The molecule has 1 aromatic carbocycles. The molecular formula is C25H33NO6. The zero-order chi connectivity index (χ0) is 23.1. The molecule has 4 rings (SSSR count). The van der Waals surface area contributed by atoms with E-state index in [9.17, 15) is 9.59 Å². The fourth-order valence-corrected chi connectivity index (χ4v) is 5.27. The summed E-state index contributed by atoms with van der Waals surface area (Å²) in [6.45, 7) is 7.04. The minimum atomic E-state index is -0.429. The number of methoxy groups -OCH3 is 2. The Balaban J connectivity index is 1.49. The molecule has 0 radical (unpaired) electrons. The first-order chi connectivity index (χ1) is 15.2. The summed E-state index contributed by atoms with van der Waals surface area (Å²) in [4.78, 5) is 24.6. The van der Waals surface area contributed by atoms with E-state index in [0.29, 0.717) is 17.7 Å². The number of rotatable bonds is 7. The van der Waals surface area contributed by atoms with Gasteiger partial charge < -0.3 is 24.3 Å². The van der Waals surface area contributed by atoms with E-state index in [1.54, 1.807) is 31.4 Å². The van der Waals surface area contributed by atoms with Crippen LogP contribution in [0.15, 0.2) is 35.9 Å². The molecule has 0 aromatic heterocycles. The molecular weight excluding hydrogens is 410 g/mol. The molecule has 1 amide bonds. The SMILES string of the molecule is COC(=O)c1ccc(C(=O)N[C@@H]2CC[C@]3(CO3)[C@@H]([C@@]3(C)O[C@@H]3CC=C(C)C)[C@@H]2OC)cc1. The Morgan fingerprint density at radius 2 is 1.84 bits per heavy atom. The van der Waals surface area contributed by atoms with Gasteiger partial charge in [-0.1, -0.05) is 11.6 Å². The van der Waals surface area contributed by atoms with E-state index in [-0.39, 0.29) is 41.3 Å². The van der Waals surface area contributed by atoms with E-state index in [1.165, 1.54) is 12.7 Å². The van der Waals surface area contributed by atoms with Crippen LogP contribution in [0.25, 0.3) is 0 Å². The Morgan fingerprint density at radius 1 is 1.19 bits per heavy atom. The summed E-state index contributed by atoms with van der Waals surface area (Å²) >= 11 is 0. The maximum Gasteiger partial charge on any atom is 0.337 e. The van der Waals surface area contributed by atoms with E-state index in [2.05, 4.69) is 32.2 Å². The van der Waals surface area contributed by atoms with Crippen LogP contribution >= 0.6 is 0 Å². The largest absolute Gasteiger partial charge is 0.465 e. The van der Waals surface area contributed by atoms with Crippen LogP contribution in [0.3, 0.4) is 0 Å². The van der Waals surface area contributed by atoms with Crippen LogP contribution < -0.4 is 5.32 Å². The van der Waals surface area contributed by atoms with Crippen molar-refractivity contribution in [1.29, 1.82) is 0 Å². The molecule has 32 heavy (non-hydrogen) atoms. The average molecular weight is 444 g/mol. The molecule has 3 aliphatic rings. The number of nitrogens with one attached hydrogen (secondary N) is 1. The van der Waals surface area contributed by atoms with Crippen LogP contribution in [0.5, 0.6) is 0 Å². The molecule has 2 aliphatic heterocycles. The molecule has 7 heteroatoms. The third-order valence-electron chi connectivity index (χ3n) is 7.18. The Morgan fingerprint density at radius 3 is 2.41 bits per heavy atom. The number of carbonyl (C=O) groups excluding carboxylic acids is 2. The fraction of sp³-hybridized carbons (Fsp3) is 0.600. The molecule has 7 nitrogen and oxygen atoms in total. The number of amides is 1. The number of epoxide rings is 2. The minimum absolute atomic E-state index is 0.0383. The van der Waals surface area contributed by atoms with Gasteiger partial charge in [-0.05, 0) is 64.3 Å². The molecule has 1 N–H and O–H groups in total. The highest BCUT2D eigenvalue weighted by atomic mass is 16.6. The summed E-state index contributed by atoms with van der Waals surface area (Å²) in [5.74, 6) is -0.583. The third-order valence-corrected chi connectivity index (χ3v) is 7.18. The quantitative estimate of drug-likeness (QED) is 0.395. The lowest BCUT2D eigenvalue weighted by Crippen LogP contribution is -2.59. The van der Waals surface area contributed by atoms with E-state index in [4.69, 9.17) is 18.9 Å². The van der Waals surface area contributed by atoms with Gasteiger partial charge in [-0.3, -0.25) is 4.79 Å². The molecule has 1 saturated carbocycles. The lowest BCUT2D eigenvalue weighted by Gasteiger charge is -2.43. The maximum absolute atomic E-state index is 13.0. The zero-order valence-corrected chi connectivity index (χ0v) is 19.5. The third kappa shape index (κ3) is 4.21. The summed E-state index contributed by atoms with van der Waals surface area (Å²) in [6, 6.07) is 6.31. The van der Waals surface area contributed by atoms with E-state index in [0.717, 1.165) is 19.3 Å². The Kier molecular flexibility index (Phi) is 6.18. The lowest BCUT2D eigenvalue weighted by atomic mass is 9.67. The van der Waals surface area contributed by atoms with Crippen LogP contribution in [0.1, 0.15) is 60.7 Å². The molecule has 1 aromatic rings. The summed E-state index contributed by atoms with van der Waals surface area (Å²) in [5, 5.41) is 3.16. The molecule has 1 spiro atoms. The first-order valence-electron chi connectivity index (χ1n) is 11.2. The Labute approximate surface area is 189 Å². The summed E-state index contributed by atoms with van der Waals surface area (Å²) in [5.41, 5.74) is 1.61. The smallest absolute Gasteiger partial charge is 0.337 e. The number of esters is 1. The van der Waals surface area contributed by atoms with Crippen LogP contribution in [0.2, 0.25) is 0 Å². The number of carbonyl (C=O) groups is 2. The van der Waals surface area contributed by atoms with Crippen LogP contribution in [0.4, 0.5) is 0 Å². The van der Waals surface area contributed by atoms with Crippen molar-refractivity contribution >= 4 is 11.9 Å². The fourth-order valence-electron chi connectivity index (χ4n) is 5.27. The van der Waals surface area contributed by atoms with Crippen molar-refractivity contribution in [1.82, 2.24) is 5.32 Å². The summed E-state index contributed by atoms with van der Waals surface area (Å²) < 4.78 is 22.9. The molecule has 2 saturated heterocycles. The van der Waals surface area contributed by atoms with E-state index < -0.39 is 5.97 Å². The number of ether oxygens (including phenoxy) is 4. The second-order valence-corrected chi connectivity index (χ2v) is 9.53. The predicted molar refractivity (Wildman–Crippen MR) is 119 cm³/mol. The van der Waals surface area contributed by atoms with Gasteiger partial charge in [0.05, 0.1) is 43.1 Å². The van der Waals surface area contributed by atoms with Gasteiger partial charge in [-0.25, -0.2) is 4.79 Å². The molecule has 3 fully saturated rings. The van der Waals surface area contributed by atoms with Gasteiger partial charge in [0.25, 0.3) is 5.91 Å². The lowest BCUT2D eigenvalue weighted by molar-refractivity contribution is -0.0660. The van der Waals surface area contributed by atoms with E-state index in [1.807, 2.05) is 0 Å². The highest BCUT2D eigenvalue weighted by Crippen LogP contribution is 2.59. The highest BCUT2D eigenvalue weighted by molar-refractivity contribution is 5.96. The van der Waals surface area contributed by atoms with Gasteiger partial charge in [0, 0.05) is 18.6 Å². The van der Waals surface area contributed by atoms with E-state index >= 15 is 0 Å². The molecule has 174 valence electrons. The standard InChI is InChI=1S/C25H33NO6/c1-15(2)6-11-19-24(3,32-19)21-20(29-4)18(12-13-25(21)14-31-25)26-22(27)16-7-9-17(10-8-16)23(28)30-5/h6-10,18-21H,11-14H2,1-5H3,(H,26,27)/t18-,19-,20-,21-,24+,25+/m1/s1. The Hall–Kier alpha value is -2.22. The van der Waals surface area contributed by atoms with Crippen molar-refractivity contribution in [3.8, 4) is 0 Å². The van der Waals surface area contributed by atoms with Crippen molar-refractivity contribution in [3.05, 3.63) is 47.0 Å². The summed E-state index contributed by atoms with van der Waals surface area (Å²) in [6.07, 6.45) is 4.62. The first-order valence-corrected chi connectivity index (χ1v) is 11.2. The molecule has 0 bridgehead atoms. The van der Waals surface area contributed by atoms with Crippen molar-refractivity contribution in [2.45, 2.75) is 69.5 Å². The first kappa shape index (κ1) is 23.0. The van der Waals surface area contributed by atoms with Crippen molar-refractivity contribution in [2.75, 3.05) is 20.8 Å². The number of allylic oxidation sites excluding steroid dienone is 1. The zero-order valence-electron chi connectivity index (χ0n) is 19.5. The van der Waals surface area contributed by atoms with Crippen LogP contribution in [-0.4, -0.2) is 62.2 Å². The van der Waals surface area contributed by atoms with Gasteiger partial charge >= 0.3 is 5.97 Å². The van der Waals surface area contributed by atoms with Crippen molar-refractivity contribution in [3.63, 3.8) is 0 Å².